The van der Waals surface area contributed by atoms with Crippen LogP contribution in [0.5, 0.6) is 0 Å². The van der Waals surface area contributed by atoms with Crippen molar-refractivity contribution in [3.8, 4) is 0 Å². The Morgan fingerprint density at radius 2 is 2.00 bits per heavy atom. The van der Waals surface area contributed by atoms with Crippen LogP contribution in [0, 0.1) is 5.41 Å². The van der Waals surface area contributed by atoms with Crippen LogP contribution in [-0.2, 0) is 6.42 Å². The van der Waals surface area contributed by atoms with Gasteiger partial charge in [-0.3, -0.25) is 0 Å². The first-order chi connectivity index (χ1) is 8.58. The molecule has 2 nitrogen and oxygen atoms in total. The summed E-state index contributed by atoms with van der Waals surface area (Å²) in [6.45, 7) is 0.0718. The number of nitrogens with two attached hydrogens (primary N) is 1. The molecule has 0 aliphatic heterocycles. The van der Waals surface area contributed by atoms with Gasteiger partial charge in [-0.05, 0) is 24.5 Å². The molecular formula is C14H16F2N2. The van der Waals surface area contributed by atoms with Crippen molar-refractivity contribution in [2.75, 3.05) is 6.54 Å². The number of hydrogen-bond donors (Lipinski definition) is 2. The van der Waals surface area contributed by atoms with Gasteiger partial charge >= 0.3 is 0 Å². The van der Waals surface area contributed by atoms with E-state index >= 15 is 0 Å². The molecule has 0 spiro atoms. The van der Waals surface area contributed by atoms with Gasteiger partial charge in [0, 0.05) is 30.1 Å². The molecule has 0 saturated heterocycles. The number of aromatic nitrogens is 1. The summed E-state index contributed by atoms with van der Waals surface area (Å²) in [4.78, 5) is 3.16. The number of nitrogens with one attached hydrogen (secondary N) is 1. The highest BCUT2D eigenvalue weighted by Crippen LogP contribution is 2.62. The summed E-state index contributed by atoms with van der Waals surface area (Å²) in [6, 6.07) is 7.92. The lowest BCUT2D eigenvalue weighted by Gasteiger charge is -2.12. The number of rotatable bonds is 4. The number of benzene rings is 1. The Morgan fingerprint density at radius 1 is 1.28 bits per heavy atom. The molecule has 4 heteroatoms. The molecule has 3 rings (SSSR count). The number of halogens is 2. The van der Waals surface area contributed by atoms with E-state index in [1.54, 1.807) is 0 Å². The average molecular weight is 250 g/mol. The Hall–Kier alpha value is -1.42. The molecule has 0 bridgehead atoms. The van der Waals surface area contributed by atoms with Crippen LogP contribution in [-0.4, -0.2) is 17.5 Å². The van der Waals surface area contributed by atoms with Crippen LogP contribution >= 0.6 is 0 Å². The van der Waals surface area contributed by atoms with Crippen LogP contribution in [0.25, 0.3) is 10.9 Å². The van der Waals surface area contributed by atoms with Crippen LogP contribution in [0.15, 0.2) is 30.5 Å². The lowest BCUT2D eigenvalue weighted by Crippen LogP contribution is -2.23. The van der Waals surface area contributed by atoms with Crippen molar-refractivity contribution >= 4 is 10.9 Å². The van der Waals surface area contributed by atoms with Crippen molar-refractivity contribution in [3.63, 3.8) is 0 Å². The van der Waals surface area contributed by atoms with E-state index in [9.17, 15) is 8.78 Å². The van der Waals surface area contributed by atoms with Gasteiger partial charge in [0.25, 0.3) is 5.92 Å². The van der Waals surface area contributed by atoms with Gasteiger partial charge in [-0.1, -0.05) is 18.2 Å². The molecule has 2 aromatic rings. The molecular weight excluding hydrogens is 234 g/mol. The van der Waals surface area contributed by atoms with E-state index in [1.807, 2.05) is 30.5 Å². The summed E-state index contributed by atoms with van der Waals surface area (Å²) in [6.07, 6.45) is 2.96. The Bertz CT molecular complexity index is 576. The third-order valence-corrected chi connectivity index (χ3v) is 4.15. The fourth-order valence-corrected chi connectivity index (χ4v) is 2.69. The van der Waals surface area contributed by atoms with Crippen LogP contribution in [0.3, 0.4) is 0 Å². The summed E-state index contributed by atoms with van der Waals surface area (Å²) >= 11 is 0. The highest BCUT2D eigenvalue weighted by molar-refractivity contribution is 5.83. The molecule has 1 aliphatic carbocycles. The third kappa shape index (κ3) is 1.63. The van der Waals surface area contributed by atoms with Gasteiger partial charge in [-0.2, -0.15) is 0 Å². The van der Waals surface area contributed by atoms with Gasteiger partial charge in [0.2, 0.25) is 0 Å². The Morgan fingerprint density at radius 3 is 2.67 bits per heavy atom. The van der Waals surface area contributed by atoms with Crippen LogP contribution in [0.4, 0.5) is 8.78 Å². The van der Waals surface area contributed by atoms with Crippen molar-refractivity contribution < 1.29 is 8.78 Å². The zero-order valence-electron chi connectivity index (χ0n) is 10.0. The predicted octanol–water partition coefficient (Wildman–Crippen LogP) is 3.08. The summed E-state index contributed by atoms with van der Waals surface area (Å²) in [7, 11) is 0. The van der Waals surface area contributed by atoms with Gasteiger partial charge < -0.3 is 10.7 Å². The van der Waals surface area contributed by atoms with E-state index in [1.165, 1.54) is 0 Å². The second-order valence-corrected chi connectivity index (χ2v) is 5.23. The summed E-state index contributed by atoms with van der Waals surface area (Å²) in [5.74, 6) is -2.56. The molecule has 1 atom stereocenters. The second-order valence-electron chi connectivity index (χ2n) is 5.23. The van der Waals surface area contributed by atoms with Gasteiger partial charge in [0.1, 0.15) is 0 Å². The van der Waals surface area contributed by atoms with Crippen molar-refractivity contribution in [1.82, 2.24) is 4.98 Å². The van der Waals surface area contributed by atoms with Gasteiger partial charge in [-0.15, -0.1) is 0 Å². The van der Waals surface area contributed by atoms with E-state index < -0.39 is 11.3 Å². The maximum atomic E-state index is 13.3. The Kier molecular flexibility index (Phi) is 2.45. The van der Waals surface area contributed by atoms with Gasteiger partial charge in [-0.25, -0.2) is 8.78 Å². The van der Waals surface area contributed by atoms with E-state index in [4.69, 9.17) is 5.73 Å². The minimum absolute atomic E-state index is 0.0567. The Labute approximate surface area is 104 Å². The molecule has 1 aliphatic rings. The van der Waals surface area contributed by atoms with Crippen LogP contribution in [0.1, 0.15) is 18.4 Å². The van der Waals surface area contributed by atoms with Crippen LogP contribution < -0.4 is 5.73 Å². The molecule has 1 fully saturated rings. The number of fused-ring (bicyclic) bond motifs is 1. The summed E-state index contributed by atoms with van der Waals surface area (Å²) < 4.78 is 26.6. The monoisotopic (exact) mass is 250 g/mol. The lowest BCUT2D eigenvalue weighted by atomic mass is 9.96. The molecule has 1 unspecified atom stereocenters. The first kappa shape index (κ1) is 11.7. The number of H-pyrrole nitrogens is 1. The first-order valence-electron chi connectivity index (χ1n) is 6.21. The number of aromatic amines is 1. The molecule has 1 aromatic heterocycles. The number of alkyl halides is 2. The molecule has 1 aromatic carbocycles. The maximum absolute atomic E-state index is 13.3. The topological polar surface area (TPSA) is 41.8 Å². The smallest absolute Gasteiger partial charge is 0.255 e. The number of hydrogen-bond acceptors (Lipinski definition) is 1. The molecule has 96 valence electrons. The third-order valence-electron chi connectivity index (χ3n) is 4.15. The normalized spacial score (nSPS) is 25.5. The Balaban J connectivity index is 1.78. The second kappa shape index (κ2) is 3.79. The summed E-state index contributed by atoms with van der Waals surface area (Å²) in [5.41, 5.74) is 6.71. The fourth-order valence-electron chi connectivity index (χ4n) is 2.69. The standard InChI is InChI=1S/C14H16F2N2/c15-14(16)8-13(14,9-17)6-5-10-7-18-12-4-2-1-3-11(10)12/h1-4,7,18H,5-6,8-9,17H2. The van der Waals surface area contributed by atoms with E-state index in [0.29, 0.717) is 12.8 Å². The van der Waals surface area contributed by atoms with Crippen molar-refractivity contribution in [2.45, 2.75) is 25.2 Å². The predicted molar refractivity (Wildman–Crippen MR) is 67.7 cm³/mol. The number of aryl methyl sites for hydroxylation is 1. The molecule has 3 N–H and O–H groups in total. The SMILES string of the molecule is NCC1(CCc2c[nH]c3ccccc23)CC1(F)F. The minimum atomic E-state index is -2.56. The molecule has 1 saturated carbocycles. The van der Waals surface area contributed by atoms with E-state index in [-0.39, 0.29) is 13.0 Å². The van der Waals surface area contributed by atoms with E-state index in [0.717, 1.165) is 16.5 Å². The van der Waals surface area contributed by atoms with Gasteiger partial charge in [0.05, 0.1) is 5.41 Å². The average Bonchev–Trinajstić information content (AvgIpc) is 2.72. The molecule has 18 heavy (non-hydrogen) atoms. The van der Waals surface area contributed by atoms with Crippen molar-refractivity contribution in [1.29, 1.82) is 0 Å². The summed E-state index contributed by atoms with van der Waals surface area (Å²) in [5, 5.41) is 1.12. The highest BCUT2D eigenvalue weighted by atomic mass is 19.3. The lowest BCUT2D eigenvalue weighted by molar-refractivity contribution is 0.0635. The molecule has 1 heterocycles. The fraction of sp³-hybridized carbons (Fsp3) is 0.429. The zero-order valence-corrected chi connectivity index (χ0v) is 10.0. The minimum Gasteiger partial charge on any atom is -0.361 e. The molecule has 0 amide bonds. The highest BCUT2D eigenvalue weighted by Gasteiger charge is 2.69. The maximum Gasteiger partial charge on any atom is 0.255 e. The van der Waals surface area contributed by atoms with Crippen molar-refractivity contribution in [2.24, 2.45) is 11.1 Å². The van der Waals surface area contributed by atoms with E-state index in [2.05, 4.69) is 4.98 Å². The van der Waals surface area contributed by atoms with Crippen molar-refractivity contribution in [3.05, 3.63) is 36.0 Å². The number of para-hydroxylation sites is 1. The molecule has 0 radical (unpaired) electrons. The largest absolute Gasteiger partial charge is 0.361 e. The van der Waals surface area contributed by atoms with Crippen LogP contribution in [0.2, 0.25) is 0 Å². The zero-order chi connectivity index (χ0) is 12.8. The quantitative estimate of drug-likeness (QED) is 0.860. The van der Waals surface area contributed by atoms with Gasteiger partial charge in [0.15, 0.2) is 0 Å². The first-order valence-corrected chi connectivity index (χ1v) is 6.21.